The molecule has 6 nitrogen and oxygen atoms in total. The summed E-state index contributed by atoms with van der Waals surface area (Å²) in [4.78, 5) is 23.8. The van der Waals surface area contributed by atoms with Crippen LogP contribution < -0.4 is 20.7 Å². The molecule has 0 aromatic heterocycles. The summed E-state index contributed by atoms with van der Waals surface area (Å²) in [5, 5.41) is 8.75. The van der Waals surface area contributed by atoms with E-state index in [1.165, 1.54) is 0 Å². The van der Waals surface area contributed by atoms with E-state index in [4.69, 9.17) is 4.74 Å². The van der Waals surface area contributed by atoms with Crippen LogP contribution >= 0.6 is 0 Å². The highest BCUT2D eigenvalue weighted by molar-refractivity contribution is 5.94. The number of ether oxygens (including phenoxy) is 1. The normalized spacial score (nSPS) is 10.4. The van der Waals surface area contributed by atoms with E-state index in [1.807, 2.05) is 55.5 Å². The number of hydrogen-bond donors (Lipinski definition) is 3. The Labute approximate surface area is 166 Å². The van der Waals surface area contributed by atoms with Gasteiger partial charge in [0.15, 0.2) is 0 Å². The van der Waals surface area contributed by atoms with Gasteiger partial charge in [0, 0.05) is 23.5 Å². The van der Waals surface area contributed by atoms with Crippen molar-refractivity contribution in [3.05, 3.63) is 48.5 Å². The first-order valence-electron chi connectivity index (χ1n) is 9.62. The van der Waals surface area contributed by atoms with Crippen LogP contribution in [0.15, 0.2) is 48.5 Å². The summed E-state index contributed by atoms with van der Waals surface area (Å²) in [6.07, 6.45) is 1.29. The van der Waals surface area contributed by atoms with Gasteiger partial charge in [-0.25, -0.2) is 0 Å². The molecule has 0 radical (unpaired) electrons. The second-order valence-corrected chi connectivity index (χ2v) is 7.01. The molecule has 0 saturated heterocycles. The number of benzene rings is 2. The fraction of sp³-hybridized carbons (Fsp3) is 0.364. The van der Waals surface area contributed by atoms with Crippen LogP contribution in [0.1, 0.15) is 33.6 Å². The van der Waals surface area contributed by atoms with E-state index >= 15 is 0 Å². The maximum Gasteiger partial charge on any atom is 0.243 e. The largest absolute Gasteiger partial charge is 0.493 e. The Kier molecular flexibility index (Phi) is 8.34. The summed E-state index contributed by atoms with van der Waals surface area (Å²) in [5.74, 6) is 1.07. The smallest absolute Gasteiger partial charge is 0.243 e. The first-order valence-corrected chi connectivity index (χ1v) is 9.62. The lowest BCUT2D eigenvalue weighted by atomic mass is 10.2. The minimum Gasteiger partial charge on any atom is -0.493 e. The van der Waals surface area contributed by atoms with Crippen molar-refractivity contribution in [3.8, 4) is 5.75 Å². The molecule has 150 valence electrons. The predicted octanol–water partition coefficient (Wildman–Crippen LogP) is 4.51. The Balaban J connectivity index is 1.81. The standard InChI is InChI=1S/C22H29N3O3/c1-4-6-21(26)25-19-8-5-7-18(13-19)23-14-22(27)24-17-9-11-20(12-10-17)28-15-16(2)3/h5,7-13,16,23H,4,6,14-15H2,1-3H3,(H,24,27)(H,25,26). The van der Waals surface area contributed by atoms with Gasteiger partial charge in [-0.3, -0.25) is 9.59 Å². The van der Waals surface area contributed by atoms with E-state index in [0.717, 1.165) is 17.9 Å². The SMILES string of the molecule is CCCC(=O)Nc1cccc(NCC(=O)Nc2ccc(OCC(C)C)cc2)c1. The van der Waals surface area contributed by atoms with Crippen molar-refractivity contribution in [2.75, 3.05) is 29.1 Å². The van der Waals surface area contributed by atoms with Crippen molar-refractivity contribution in [2.24, 2.45) is 5.92 Å². The average molecular weight is 383 g/mol. The maximum absolute atomic E-state index is 12.2. The van der Waals surface area contributed by atoms with Gasteiger partial charge in [0.25, 0.3) is 0 Å². The van der Waals surface area contributed by atoms with E-state index < -0.39 is 0 Å². The number of carbonyl (C=O) groups excluding carboxylic acids is 2. The molecule has 0 unspecified atom stereocenters. The van der Waals surface area contributed by atoms with Gasteiger partial charge in [0.05, 0.1) is 13.2 Å². The summed E-state index contributed by atoms with van der Waals surface area (Å²) < 4.78 is 5.63. The molecule has 0 aliphatic heterocycles. The van der Waals surface area contributed by atoms with Gasteiger partial charge in [-0.15, -0.1) is 0 Å². The van der Waals surface area contributed by atoms with Crippen LogP contribution in [0.3, 0.4) is 0 Å². The van der Waals surface area contributed by atoms with Crippen LogP contribution in [0.5, 0.6) is 5.75 Å². The number of amides is 2. The fourth-order valence-electron chi connectivity index (χ4n) is 2.44. The first-order chi connectivity index (χ1) is 13.5. The molecule has 0 aliphatic carbocycles. The Hall–Kier alpha value is -3.02. The van der Waals surface area contributed by atoms with E-state index in [9.17, 15) is 9.59 Å². The molecule has 2 aromatic rings. The Morgan fingerprint density at radius 2 is 1.61 bits per heavy atom. The number of hydrogen-bond acceptors (Lipinski definition) is 4. The van der Waals surface area contributed by atoms with Crippen molar-refractivity contribution >= 4 is 28.9 Å². The van der Waals surface area contributed by atoms with E-state index in [2.05, 4.69) is 29.8 Å². The monoisotopic (exact) mass is 383 g/mol. The summed E-state index contributed by atoms with van der Waals surface area (Å²) in [6, 6.07) is 14.6. The number of nitrogens with one attached hydrogen (secondary N) is 3. The fourth-order valence-corrected chi connectivity index (χ4v) is 2.44. The molecule has 0 atom stereocenters. The minimum atomic E-state index is -0.156. The van der Waals surface area contributed by atoms with E-state index in [-0.39, 0.29) is 18.4 Å². The topological polar surface area (TPSA) is 79.5 Å². The van der Waals surface area contributed by atoms with Crippen LogP contribution in [-0.2, 0) is 9.59 Å². The zero-order valence-electron chi connectivity index (χ0n) is 16.7. The molecular weight excluding hydrogens is 354 g/mol. The molecule has 0 fully saturated rings. The highest BCUT2D eigenvalue weighted by Gasteiger charge is 2.05. The van der Waals surface area contributed by atoms with Crippen molar-refractivity contribution in [1.29, 1.82) is 0 Å². The van der Waals surface area contributed by atoms with Gasteiger partial charge in [-0.2, -0.15) is 0 Å². The molecule has 0 aliphatic rings. The molecule has 0 saturated carbocycles. The van der Waals surface area contributed by atoms with Crippen molar-refractivity contribution < 1.29 is 14.3 Å². The molecular formula is C22H29N3O3. The molecule has 0 heterocycles. The summed E-state index contributed by atoms with van der Waals surface area (Å²) in [7, 11) is 0. The second kappa shape index (κ2) is 11.0. The molecule has 2 amide bonds. The van der Waals surface area contributed by atoms with Crippen LogP contribution in [-0.4, -0.2) is 25.0 Å². The summed E-state index contributed by atoms with van der Waals surface area (Å²) in [5.41, 5.74) is 2.19. The minimum absolute atomic E-state index is 0.0155. The first kappa shape index (κ1) is 21.3. The van der Waals surface area contributed by atoms with Crippen LogP contribution in [0.25, 0.3) is 0 Å². The van der Waals surface area contributed by atoms with Gasteiger partial charge >= 0.3 is 0 Å². The second-order valence-electron chi connectivity index (χ2n) is 7.01. The van der Waals surface area contributed by atoms with Gasteiger partial charge in [0.1, 0.15) is 5.75 Å². The lowest BCUT2D eigenvalue weighted by Crippen LogP contribution is -2.21. The number of rotatable bonds is 10. The van der Waals surface area contributed by atoms with E-state index in [0.29, 0.717) is 30.3 Å². The summed E-state index contributed by atoms with van der Waals surface area (Å²) >= 11 is 0. The van der Waals surface area contributed by atoms with Gasteiger partial charge in [-0.1, -0.05) is 26.8 Å². The molecule has 0 bridgehead atoms. The lowest BCUT2D eigenvalue weighted by molar-refractivity contribution is -0.116. The van der Waals surface area contributed by atoms with Gasteiger partial charge in [-0.05, 0) is 54.8 Å². The zero-order chi connectivity index (χ0) is 20.4. The quantitative estimate of drug-likeness (QED) is 0.564. The molecule has 2 rings (SSSR count). The lowest BCUT2D eigenvalue weighted by Gasteiger charge is -2.11. The van der Waals surface area contributed by atoms with Gasteiger partial charge < -0.3 is 20.7 Å². The van der Waals surface area contributed by atoms with Crippen LogP contribution in [0.4, 0.5) is 17.1 Å². The molecule has 6 heteroatoms. The van der Waals surface area contributed by atoms with Crippen molar-refractivity contribution in [2.45, 2.75) is 33.6 Å². The predicted molar refractivity (Wildman–Crippen MR) is 114 cm³/mol. The third-order valence-electron chi connectivity index (χ3n) is 3.80. The number of anilines is 3. The Morgan fingerprint density at radius 3 is 2.29 bits per heavy atom. The summed E-state index contributed by atoms with van der Waals surface area (Å²) in [6.45, 7) is 6.93. The molecule has 3 N–H and O–H groups in total. The third kappa shape index (κ3) is 7.70. The molecule has 2 aromatic carbocycles. The Morgan fingerprint density at radius 1 is 0.929 bits per heavy atom. The van der Waals surface area contributed by atoms with Crippen LogP contribution in [0, 0.1) is 5.92 Å². The molecule has 0 spiro atoms. The Bertz CT molecular complexity index is 773. The zero-order valence-corrected chi connectivity index (χ0v) is 16.7. The van der Waals surface area contributed by atoms with Crippen molar-refractivity contribution in [3.63, 3.8) is 0 Å². The average Bonchev–Trinajstić information content (AvgIpc) is 2.66. The van der Waals surface area contributed by atoms with E-state index in [1.54, 1.807) is 0 Å². The van der Waals surface area contributed by atoms with Crippen LogP contribution in [0.2, 0.25) is 0 Å². The van der Waals surface area contributed by atoms with Crippen molar-refractivity contribution in [1.82, 2.24) is 0 Å². The third-order valence-corrected chi connectivity index (χ3v) is 3.80. The maximum atomic E-state index is 12.2. The molecule has 28 heavy (non-hydrogen) atoms. The van der Waals surface area contributed by atoms with Gasteiger partial charge in [0.2, 0.25) is 11.8 Å². The highest BCUT2D eigenvalue weighted by atomic mass is 16.5. The number of carbonyl (C=O) groups is 2. The highest BCUT2D eigenvalue weighted by Crippen LogP contribution is 2.17.